The summed E-state index contributed by atoms with van der Waals surface area (Å²) in [6.45, 7) is 3.74. The van der Waals surface area contributed by atoms with Gasteiger partial charge >= 0.3 is 5.97 Å². The van der Waals surface area contributed by atoms with Gasteiger partial charge in [-0.15, -0.1) is 0 Å². The number of likely N-dealkylation sites (tertiary alicyclic amines) is 1. The van der Waals surface area contributed by atoms with Crippen LogP contribution in [0, 0.1) is 5.92 Å². The summed E-state index contributed by atoms with van der Waals surface area (Å²) in [7, 11) is 0. The van der Waals surface area contributed by atoms with Crippen LogP contribution in [-0.2, 0) is 25.6 Å². The molecule has 0 saturated carbocycles. The van der Waals surface area contributed by atoms with Gasteiger partial charge in [-0.05, 0) is 55.7 Å². The lowest BCUT2D eigenvalue weighted by atomic mass is 9.97. The fraction of sp³-hybridized carbons (Fsp3) is 0.360. The first-order valence-corrected chi connectivity index (χ1v) is 12.8. The molecule has 0 radical (unpaired) electrons. The molecule has 0 N–H and O–H groups in total. The lowest BCUT2D eigenvalue weighted by Crippen LogP contribution is -2.39. The second-order valence-corrected chi connectivity index (χ2v) is 9.86. The Morgan fingerprint density at radius 3 is 2.74 bits per heavy atom. The highest BCUT2D eigenvalue weighted by molar-refractivity contribution is 7.99. The molecule has 34 heavy (non-hydrogen) atoms. The van der Waals surface area contributed by atoms with E-state index in [2.05, 4.69) is 6.07 Å². The molecule has 0 unspecified atom stereocenters. The molecular formula is C25H25Cl2NO5S. The van der Waals surface area contributed by atoms with Crippen LogP contribution in [0.15, 0.2) is 46.2 Å². The van der Waals surface area contributed by atoms with Crippen molar-refractivity contribution in [3.8, 4) is 5.75 Å². The lowest BCUT2D eigenvalue weighted by Gasteiger charge is -2.30. The minimum absolute atomic E-state index is 0.117. The van der Waals surface area contributed by atoms with E-state index in [1.54, 1.807) is 17.9 Å². The van der Waals surface area contributed by atoms with Gasteiger partial charge < -0.3 is 14.5 Å². The third-order valence-corrected chi connectivity index (χ3v) is 7.83. The summed E-state index contributed by atoms with van der Waals surface area (Å²) >= 11 is 14.6. The topological polar surface area (TPSA) is 65.1 Å². The summed E-state index contributed by atoms with van der Waals surface area (Å²) in [5.41, 5.74) is 1.75. The van der Waals surface area contributed by atoms with Gasteiger partial charge in [-0.25, -0.2) is 0 Å². The molecule has 0 aliphatic carbocycles. The van der Waals surface area contributed by atoms with Gasteiger partial charge in [0.05, 0.1) is 29.2 Å². The third kappa shape index (κ3) is 5.89. The van der Waals surface area contributed by atoms with Crippen LogP contribution in [0.5, 0.6) is 5.75 Å². The maximum absolute atomic E-state index is 12.6. The maximum Gasteiger partial charge on any atom is 0.309 e. The average Bonchev–Trinajstić information content (AvgIpc) is 2.86. The van der Waals surface area contributed by atoms with E-state index in [1.165, 1.54) is 17.8 Å². The minimum atomic E-state index is -0.178. The Labute approximate surface area is 213 Å². The summed E-state index contributed by atoms with van der Waals surface area (Å²) in [5, 5.41) is 0.834. The van der Waals surface area contributed by atoms with E-state index < -0.39 is 0 Å². The van der Waals surface area contributed by atoms with Crippen LogP contribution >= 0.6 is 35.0 Å². The number of halogens is 2. The molecule has 2 aromatic carbocycles. The predicted molar refractivity (Wildman–Crippen MR) is 132 cm³/mol. The van der Waals surface area contributed by atoms with Crippen LogP contribution in [-0.4, -0.2) is 43.1 Å². The number of rotatable bonds is 6. The highest BCUT2D eigenvalue weighted by Gasteiger charge is 2.27. The Kier molecular flexibility index (Phi) is 8.42. The Bertz CT molecular complexity index is 1100. The van der Waals surface area contributed by atoms with Gasteiger partial charge in [0, 0.05) is 40.9 Å². The van der Waals surface area contributed by atoms with Crippen molar-refractivity contribution < 1.29 is 24.1 Å². The summed E-state index contributed by atoms with van der Waals surface area (Å²) in [5.74, 6) is 0.299. The molecule has 180 valence electrons. The second-order valence-electron chi connectivity index (χ2n) is 7.99. The van der Waals surface area contributed by atoms with Crippen molar-refractivity contribution in [1.82, 2.24) is 4.90 Å². The van der Waals surface area contributed by atoms with Gasteiger partial charge in [-0.1, -0.05) is 41.0 Å². The molecule has 6 nitrogen and oxygen atoms in total. The summed E-state index contributed by atoms with van der Waals surface area (Å²) in [6.07, 6.45) is 5.19. The molecule has 0 atom stereocenters. The van der Waals surface area contributed by atoms with Crippen LogP contribution in [0.25, 0.3) is 6.08 Å². The molecule has 0 spiro atoms. The third-order valence-electron chi connectivity index (χ3n) is 5.77. The Balaban J connectivity index is 1.38. The van der Waals surface area contributed by atoms with Crippen LogP contribution in [0.2, 0.25) is 10.0 Å². The number of piperidine rings is 1. The SMILES string of the molecule is CCOC(=O)C1CCN(C(=O)/C=C/c2ccc(Sc3ccc4c(c3)CCOO4)c(Cl)c2Cl)CC1. The molecule has 2 aliphatic rings. The normalized spacial score (nSPS) is 16.3. The Hall–Kier alpha value is -2.19. The van der Waals surface area contributed by atoms with Crippen molar-refractivity contribution in [2.75, 3.05) is 26.3 Å². The number of nitrogens with zero attached hydrogens (tertiary/aromatic N) is 1. The smallest absolute Gasteiger partial charge is 0.309 e. The number of carbonyl (C=O) groups excluding carboxylic acids is 2. The second kappa shape index (κ2) is 11.5. The average molecular weight is 522 g/mol. The van der Waals surface area contributed by atoms with E-state index in [-0.39, 0.29) is 17.8 Å². The summed E-state index contributed by atoms with van der Waals surface area (Å²) < 4.78 is 5.08. The van der Waals surface area contributed by atoms with Gasteiger partial charge in [0.25, 0.3) is 0 Å². The van der Waals surface area contributed by atoms with Crippen LogP contribution in [0.1, 0.15) is 30.9 Å². The van der Waals surface area contributed by atoms with Gasteiger partial charge in [-0.3, -0.25) is 9.59 Å². The van der Waals surface area contributed by atoms with E-state index in [0.29, 0.717) is 54.8 Å². The van der Waals surface area contributed by atoms with Gasteiger partial charge in [0.1, 0.15) is 0 Å². The number of hydrogen-bond donors (Lipinski definition) is 0. The first-order valence-electron chi connectivity index (χ1n) is 11.2. The summed E-state index contributed by atoms with van der Waals surface area (Å²) in [6, 6.07) is 9.63. The largest absolute Gasteiger partial charge is 0.466 e. The van der Waals surface area contributed by atoms with Crippen molar-refractivity contribution in [1.29, 1.82) is 0 Å². The van der Waals surface area contributed by atoms with Gasteiger partial charge in [0.15, 0.2) is 5.75 Å². The van der Waals surface area contributed by atoms with Gasteiger partial charge in [0.2, 0.25) is 5.91 Å². The van der Waals surface area contributed by atoms with Crippen LogP contribution in [0.4, 0.5) is 0 Å². The first kappa shape index (κ1) is 24.9. The van der Waals surface area contributed by atoms with Crippen molar-refractivity contribution in [3.05, 3.63) is 57.6 Å². The summed E-state index contributed by atoms with van der Waals surface area (Å²) in [4.78, 5) is 38.3. The van der Waals surface area contributed by atoms with Gasteiger partial charge in [-0.2, -0.15) is 4.89 Å². The van der Waals surface area contributed by atoms with E-state index in [4.69, 9.17) is 37.7 Å². The number of benzene rings is 2. The van der Waals surface area contributed by atoms with E-state index >= 15 is 0 Å². The highest BCUT2D eigenvalue weighted by atomic mass is 35.5. The molecule has 9 heteroatoms. The van der Waals surface area contributed by atoms with Crippen molar-refractivity contribution in [2.45, 2.75) is 36.0 Å². The number of amides is 1. The molecule has 1 fully saturated rings. The maximum atomic E-state index is 12.6. The number of esters is 1. The van der Waals surface area contributed by atoms with Crippen LogP contribution in [0.3, 0.4) is 0 Å². The molecular weight excluding hydrogens is 497 g/mol. The monoisotopic (exact) mass is 521 g/mol. The predicted octanol–water partition coefficient (Wildman–Crippen LogP) is 5.83. The van der Waals surface area contributed by atoms with Crippen LogP contribution < -0.4 is 4.89 Å². The minimum Gasteiger partial charge on any atom is -0.466 e. The molecule has 2 heterocycles. The molecule has 0 aromatic heterocycles. The fourth-order valence-electron chi connectivity index (χ4n) is 3.90. The molecule has 4 rings (SSSR count). The van der Waals surface area contributed by atoms with Crippen molar-refractivity contribution in [3.63, 3.8) is 0 Å². The number of fused-ring (bicyclic) bond motifs is 1. The van der Waals surface area contributed by atoms with E-state index in [1.807, 2.05) is 24.3 Å². The molecule has 1 amide bonds. The molecule has 2 aliphatic heterocycles. The number of ether oxygens (including phenoxy) is 1. The quantitative estimate of drug-likeness (QED) is 0.271. The lowest BCUT2D eigenvalue weighted by molar-refractivity contribution is -0.215. The van der Waals surface area contributed by atoms with Crippen molar-refractivity contribution in [2.24, 2.45) is 5.92 Å². The highest BCUT2D eigenvalue weighted by Crippen LogP contribution is 2.40. The molecule has 2 aromatic rings. The number of hydrogen-bond acceptors (Lipinski definition) is 6. The number of carbonyl (C=O) groups is 2. The molecule has 1 saturated heterocycles. The fourth-order valence-corrected chi connectivity index (χ4v) is 5.39. The zero-order chi connectivity index (χ0) is 24.1. The zero-order valence-electron chi connectivity index (χ0n) is 18.7. The van der Waals surface area contributed by atoms with Crippen molar-refractivity contribution >= 4 is 52.9 Å². The zero-order valence-corrected chi connectivity index (χ0v) is 21.0. The van der Waals surface area contributed by atoms with E-state index in [9.17, 15) is 9.59 Å². The standard InChI is InChI=1S/C25H25Cl2NO5S/c1-2-31-25(30)17-9-12-28(13-10-17)22(29)8-4-16-3-7-21(24(27)23(16)26)34-19-5-6-20-18(15-19)11-14-32-33-20/h3-8,15,17H,2,9-14H2,1H3/b8-4+. The first-order chi connectivity index (χ1) is 16.5. The Morgan fingerprint density at radius 1 is 1.18 bits per heavy atom. The molecule has 0 bridgehead atoms. The van der Waals surface area contributed by atoms with E-state index in [0.717, 1.165) is 27.5 Å². The Morgan fingerprint density at radius 2 is 1.97 bits per heavy atom.